The molecule has 2 N–H and O–H groups in total. The maximum Gasteiger partial charge on any atom is 0.283 e. The second kappa shape index (κ2) is 8.81. The summed E-state index contributed by atoms with van der Waals surface area (Å²) in [5, 5.41) is 12.7. The van der Waals surface area contributed by atoms with Gasteiger partial charge in [0.25, 0.3) is 5.91 Å². The number of carbonyl (C=O) groups is 1. The van der Waals surface area contributed by atoms with Gasteiger partial charge < -0.3 is 14.0 Å². The lowest BCUT2D eigenvalue weighted by molar-refractivity contribution is 0.0124. The van der Waals surface area contributed by atoms with Gasteiger partial charge in [-0.05, 0) is 19.8 Å². The summed E-state index contributed by atoms with van der Waals surface area (Å²) < 4.78 is 16.2. The molecule has 142 valence electrons. The van der Waals surface area contributed by atoms with Crippen molar-refractivity contribution in [3.63, 3.8) is 0 Å². The first-order valence-corrected chi connectivity index (χ1v) is 8.93. The highest BCUT2D eigenvalue weighted by Crippen LogP contribution is 2.18. The minimum absolute atomic E-state index is 0.251. The topological polar surface area (TPSA) is 106 Å². The Balaban J connectivity index is 1.55. The van der Waals surface area contributed by atoms with Gasteiger partial charge >= 0.3 is 0 Å². The lowest BCUT2D eigenvalue weighted by Gasteiger charge is -2.26. The zero-order valence-electron chi connectivity index (χ0n) is 15.2. The number of morpholine rings is 1. The molecule has 9 nitrogen and oxygen atoms in total. The number of carbonyl (C=O) groups excluding carboxylic acids is 1. The summed E-state index contributed by atoms with van der Waals surface area (Å²) in [6, 6.07) is 1.59. The largest absolute Gasteiger partial charge is 0.472 e. The van der Waals surface area contributed by atoms with Crippen LogP contribution in [0.25, 0.3) is 0 Å². The number of ether oxygens (including phenoxy) is 2. The van der Waals surface area contributed by atoms with Crippen LogP contribution >= 0.6 is 0 Å². The monoisotopic (exact) mass is 363 g/mol. The first kappa shape index (κ1) is 18.4. The SMILES string of the molecule is CCCCc1noc(C)c1COc1cc(C(=O)NN2CCOCC2)[nH]n1. The molecule has 1 fully saturated rings. The van der Waals surface area contributed by atoms with Crippen molar-refractivity contribution in [3.05, 3.63) is 28.8 Å². The maximum absolute atomic E-state index is 12.2. The highest BCUT2D eigenvalue weighted by atomic mass is 16.5. The van der Waals surface area contributed by atoms with Crippen LogP contribution < -0.4 is 10.2 Å². The molecule has 1 aliphatic heterocycles. The smallest absolute Gasteiger partial charge is 0.283 e. The number of H-pyrrole nitrogens is 1. The number of nitrogens with zero attached hydrogens (tertiary/aromatic N) is 3. The van der Waals surface area contributed by atoms with Crippen LogP contribution in [0.2, 0.25) is 0 Å². The molecule has 0 unspecified atom stereocenters. The van der Waals surface area contributed by atoms with Crippen LogP contribution in [0.1, 0.15) is 47.3 Å². The van der Waals surface area contributed by atoms with E-state index in [1.54, 1.807) is 6.07 Å². The molecule has 0 saturated carbocycles. The summed E-state index contributed by atoms with van der Waals surface area (Å²) in [6.45, 7) is 6.85. The molecule has 3 heterocycles. The molecule has 26 heavy (non-hydrogen) atoms. The number of aromatic nitrogens is 3. The van der Waals surface area contributed by atoms with Crippen molar-refractivity contribution in [1.29, 1.82) is 0 Å². The molecule has 3 rings (SSSR count). The average molecular weight is 363 g/mol. The van der Waals surface area contributed by atoms with E-state index in [2.05, 4.69) is 27.7 Å². The Kier molecular flexibility index (Phi) is 6.24. The van der Waals surface area contributed by atoms with Gasteiger partial charge in [-0.15, -0.1) is 5.10 Å². The van der Waals surface area contributed by atoms with E-state index >= 15 is 0 Å². The zero-order chi connectivity index (χ0) is 18.4. The molecule has 0 atom stereocenters. The minimum Gasteiger partial charge on any atom is -0.472 e. The van der Waals surface area contributed by atoms with Crippen molar-refractivity contribution >= 4 is 5.91 Å². The van der Waals surface area contributed by atoms with Crippen LogP contribution in [0.5, 0.6) is 5.88 Å². The van der Waals surface area contributed by atoms with E-state index in [1.165, 1.54) is 0 Å². The highest BCUT2D eigenvalue weighted by molar-refractivity contribution is 5.92. The molecule has 0 bridgehead atoms. The summed E-state index contributed by atoms with van der Waals surface area (Å²) in [5.74, 6) is 0.857. The number of aryl methyl sites for hydroxylation is 2. The Labute approximate surface area is 152 Å². The molecule has 0 aliphatic carbocycles. The van der Waals surface area contributed by atoms with Crippen molar-refractivity contribution in [2.45, 2.75) is 39.7 Å². The zero-order valence-corrected chi connectivity index (χ0v) is 15.2. The van der Waals surface area contributed by atoms with E-state index in [9.17, 15) is 4.79 Å². The number of amides is 1. The lowest BCUT2D eigenvalue weighted by atomic mass is 10.1. The van der Waals surface area contributed by atoms with Gasteiger partial charge in [-0.3, -0.25) is 15.3 Å². The molecule has 0 aromatic carbocycles. The molecule has 1 aliphatic rings. The van der Waals surface area contributed by atoms with Crippen LogP contribution in [0, 0.1) is 6.92 Å². The van der Waals surface area contributed by atoms with Gasteiger partial charge in [0.2, 0.25) is 5.88 Å². The van der Waals surface area contributed by atoms with E-state index in [0.717, 1.165) is 36.3 Å². The van der Waals surface area contributed by atoms with E-state index in [4.69, 9.17) is 14.0 Å². The molecule has 9 heteroatoms. The fourth-order valence-corrected chi connectivity index (χ4v) is 2.68. The van der Waals surface area contributed by atoms with Gasteiger partial charge in [-0.2, -0.15) is 0 Å². The molecule has 0 spiro atoms. The molecular formula is C17H25N5O4. The number of hydrazine groups is 1. The number of rotatable bonds is 8. The summed E-state index contributed by atoms with van der Waals surface area (Å²) in [5.41, 5.74) is 5.04. The first-order chi connectivity index (χ1) is 12.7. The van der Waals surface area contributed by atoms with E-state index < -0.39 is 0 Å². The van der Waals surface area contributed by atoms with Crippen LogP contribution in [0.15, 0.2) is 10.6 Å². The van der Waals surface area contributed by atoms with Gasteiger partial charge in [-0.1, -0.05) is 18.5 Å². The molecular weight excluding hydrogens is 338 g/mol. The average Bonchev–Trinajstić information content (AvgIpc) is 3.26. The Morgan fingerprint density at radius 2 is 2.23 bits per heavy atom. The Hall–Kier alpha value is -2.39. The highest BCUT2D eigenvalue weighted by Gasteiger charge is 2.18. The molecule has 1 saturated heterocycles. The van der Waals surface area contributed by atoms with Crippen molar-refractivity contribution in [3.8, 4) is 5.88 Å². The Bertz CT molecular complexity index is 721. The third-order valence-corrected chi connectivity index (χ3v) is 4.27. The van der Waals surface area contributed by atoms with Crippen LogP contribution in [-0.2, 0) is 17.8 Å². The van der Waals surface area contributed by atoms with Gasteiger partial charge in [0.05, 0.1) is 24.5 Å². The van der Waals surface area contributed by atoms with Gasteiger partial charge in [0.15, 0.2) is 0 Å². The van der Waals surface area contributed by atoms with Gasteiger partial charge in [-0.25, -0.2) is 5.01 Å². The third-order valence-electron chi connectivity index (χ3n) is 4.27. The fraction of sp³-hybridized carbons (Fsp3) is 0.588. The number of unbranched alkanes of at least 4 members (excludes halogenated alkanes) is 1. The number of aromatic amines is 1. The second-order valence-corrected chi connectivity index (χ2v) is 6.22. The van der Waals surface area contributed by atoms with E-state index in [-0.39, 0.29) is 5.91 Å². The normalized spacial score (nSPS) is 15.2. The van der Waals surface area contributed by atoms with Gasteiger partial charge in [0.1, 0.15) is 18.1 Å². The minimum atomic E-state index is -0.251. The molecule has 0 radical (unpaired) electrons. The summed E-state index contributed by atoms with van der Waals surface area (Å²) in [4.78, 5) is 12.2. The van der Waals surface area contributed by atoms with Crippen molar-refractivity contribution in [2.75, 3.05) is 26.3 Å². The Morgan fingerprint density at radius 1 is 1.42 bits per heavy atom. The quantitative estimate of drug-likeness (QED) is 0.734. The number of hydrogen-bond donors (Lipinski definition) is 2. The van der Waals surface area contributed by atoms with E-state index in [0.29, 0.717) is 44.5 Å². The van der Waals surface area contributed by atoms with E-state index in [1.807, 2.05) is 11.9 Å². The molecule has 2 aromatic rings. The molecule has 2 aromatic heterocycles. The van der Waals surface area contributed by atoms with Crippen LogP contribution in [-0.4, -0.2) is 52.6 Å². The predicted octanol–water partition coefficient (Wildman–Crippen LogP) is 1.60. The Morgan fingerprint density at radius 3 is 3.00 bits per heavy atom. The predicted molar refractivity (Wildman–Crippen MR) is 92.6 cm³/mol. The van der Waals surface area contributed by atoms with Crippen LogP contribution in [0.4, 0.5) is 0 Å². The summed E-state index contributed by atoms with van der Waals surface area (Å²) >= 11 is 0. The lowest BCUT2D eigenvalue weighted by Crippen LogP contribution is -2.48. The third kappa shape index (κ3) is 4.61. The fourth-order valence-electron chi connectivity index (χ4n) is 2.68. The van der Waals surface area contributed by atoms with Crippen LogP contribution in [0.3, 0.4) is 0 Å². The van der Waals surface area contributed by atoms with Crippen molar-refractivity contribution in [1.82, 2.24) is 25.8 Å². The van der Waals surface area contributed by atoms with Gasteiger partial charge in [0, 0.05) is 19.2 Å². The van der Waals surface area contributed by atoms with Crippen molar-refractivity contribution in [2.24, 2.45) is 0 Å². The first-order valence-electron chi connectivity index (χ1n) is 8.93. The number of nitrogens with one attached hydrogen (secondary N) is 2. The summed E-state index contributed by atoms with van der Waals surface area (Å²) in [7, 11) is 0. The molecule has 1 amide bonds. The van der Waals surface area contributed by atoms with Crippen molar-refractivity contribution < 1.29 is 18.8 Å². The summed E-state index contributed by atoms with van der Waals surface area (Å²) in [6.07, 6.45) is 3.00. The standard InChI is InChI=1S/C17H25N5O4/c1-3-4-5-14-13(12(2)26-21-14)11-25-16-10-15(18-19-16)17(23)20-22-6-8-24-9-7-22/h10H,3-9,11H2,1-2H3,(H,18,19)(H,20,23). The second-order valence-electron chi connectivity index (χ2n) is 6.22. The number of hydrogen-bond acceptors (Lipinski definition) is 7. The maximum atomic E-state index is 12.2.